The third-order valence-corrected chi connectivity index (χ3v) is 1.85. The predicted octanol–water partition coefficient (Wildman–Crippen LogP) is 1.57. The topological polar surface area (TPSA) is 59.1 Å². The molecule has 0 heterocycles. The molecule has 0 aliphatic carbocycles. The fraction of sp³-hybridized carbons (Fsp3) is 0.364. The Morgan fingerprint density at radius 3 is 2.64 bits per heavy atom. The van der Waals surface area contributed by atoms with E-state index in [1.807, 2.05) is 18.2 Å². The molecule has 0 fully saturated rings. The minimum absolute atomic E-state index is 0.0877. The first-order valence-corrected chi connectivity index (χ1v) is 4.73. The van der Waals surface area contributed by atoms with Crippen LogP contribution in [-0.2, 0) is 11.2 Å². The van der Waals surface area contributed by atoms with Crippen molar-refractivity contribution >= 4 is 5.84 Å². The van der Waals surface area contributed by atoms with Crippen molar-refractivity contribution in [1.29, 1.82) is 5.41 Å². The lowest BCUT2D eigenvalue weighted by molar-refractivity contribution is 0.168. The summed E-state index contributed by atoms with van der Waals surface area (Å²) in [6, 6.07) is 10.3. The van der Waals surface area contributed by atoms with Gasteiger partial charge in [0, 0.05) is 6.61 Å². The van der Waals surface area contributed by atoms with Gasteiger partial charge < -0.3 is 10.5 Å². The van der Waals surface area contributed by atoms with Crippen LogP contribution in [0, 0.1) is 5.41 Å². The van der Waals surface area contributed by atoms with E-state index in [-0.39, 0.29) is 12.4 Å². The second kappa shape index (κ2) is 6.16. The van der Waals surface area contributed by atoms with Crippen LogP contribution in [0.15, 0.2) is 30.3 Å². The smallest absolute Gasteiger partial charge is 0.117 e. The molecule has 0 unspecified atom stereocenters. The van der Waals surface area contributed by atoms with Gasteiger partial charge in [-0.1, -0.05) is 30.3 Å². The Balaban J connectivity index is 2.08. The van der Waals surface area contributed by atoms with Crippen molar-refractivity contribution in [2.24, 2.45) is 5.73 Å². The lowest BCUT2D eigenvalue weighted by Gasteiger charge is -2.02. The molecule has 3 N–H and O–H groups in total. The van der Waals surface area contributed by atoms with Crippen molar-refractivity contribution < 1.29 is 4.74 Å². The lowest BCUT2D eigenvalue weighted by Crippen LogP contribution is -2.17. The van der Waals surface area contributed by atoms with Gasteiger partial charge in [-0.15, -0.1) is 0 Å². The van der Waals surface area contributed by atoms with E-state index in [2.05, 4.69) is 12.1 Å². The largest absolute Gasteiger partial charge is 0.386 e. The third-order valence-electron chi connectivity index (χ3n) is 1.85. The van der Waals surface area contributed by atoms with Gasteiger partial charge in [-0.2, -0.15) is 0 Å². The van der Waals surface area contributed by atoms with Crippen molar-refractivity contribution in [3.63, 3.8) is 0 Å². The van der Waals surface area contributed by atoms with Crippen LogP contribution >= 0.6 is 0 Å². The van der Waals surface area contributed by atoms with E-state index in [4.69, 9.17) is 15.9 Å². The normalized spacial score (nSPS) is 10.0. The van der Waals surface area contributed by atoms with Gasteiger partial charge in [0.05, 0.1) is 0 Å². The molecule has 0 saturated heterocycles. The third kappa shape index (κ3) is 4.62. The van der Waals surface area contributed by atoms with Gasteiger partial charge in [0.1, 0.15) is 12.4 Å². The van der Waals surface area contributed by atoms with E-state index in [0.717, 1.165) is 12.8 Å². The summed E-state index contributed by atoms with van der Waals surface area (Å²) in [7, 11) is 0. The van der Waals surface area contributed by atoms with E-state index in [9.17, 15) is 0 Å². The number of aryl methyl sites for hydroxylation is 1. The number of hydrogen-bond donors (Lipinski definition) is 2. The Kier molecular flexibility index (Phi) is 4.72. The van der Waals surface area contributed by atoms with E-state index >= 15 is 0 Å². The molecular formula is C11H16N2O. The van der Waals surface area contributed by atoms with Gasteiger partial charge in [-0.25, -0.2) is 0 Å². The molecule has 0 aliphatic rings. The molecule has 0 aromatic heterocycles. The number of rotatable bonds is 6. The van der Waals surface area contributed by atoms with Crippen LogP contribution in [0.5, 0.6) is 0 Å². The van der Waals surface area contributed by atoms with Gasteiger partial charge in [0.2, 0.25) is 0 Å². The molecule has 0 amide bonds. The number of benzene rings is 1. The van der Waals surface area contributed by atoms with Gasteiger partial charge in [0.15, 0.2) is 0 Å². The van der Waals surface area contributed by atoms with Gasteiger partial charge in [-0.05, 0) is 18.4 Å². The molecule has 14 heavy (non-hydrogen) atoms. The van der Waals surface area contributed by atoms with E-state index < -0.39 is 0 Å². The quantitative estimate of drug-likeness (QED) is 0.408. The number of amidine groups is 1. The molecule has 0 bridgehead atoms. The molecule has 76 valence electrons. The second-order valence-corrected chi connectivity index (χ2v) is 3.17. The van der Waals surface area contributed by atoms with Crippen LogP contribution in [0.1, 0.15) is 12.0 Å². The van der Waals surface area contributed by atoms with Crippen LogP contribution in [0.4, 0.5) is 0 Å². The summed E-state index contributed by atoms with van der Waals surface area (Å²) in [5.41, 5.74) is 6.46. The average molecular weight is 192 g/mol. The SMILES string of the molecule is N=C(N)COCCCc1ccccc1. The summed E-state index contributed by atoms with van der Waals surface area (Å²) < 4.78 is 5.17. The summed E-state index contributed by atoms with van der Waals surface area (Å²) in [6.07, 6.45) is 1.98. The predicted molar refractivity (Wildman–Crippen MR) is 57.5 cm³/mol. The molecule has 0 radical (unpaired) electrons. The zero-order valence-corrected chi connectivity index (χ0v) is 8.20. The highest BCUT2D eigenvalue weighted by Crippen LogP contribution is 2.01. The van der Waals surface area contributed by atoms with E-state index in [0.29, 0.717) is 6.61 Å². The highest BCUT2D eigenvalue weighted by Gasteiger charge is 1.93. The zero-order valence-electron chi connectivity index (χ0n) is 8.20. The number of hydrogen-bond acceptors (Lipinski definition) is 2. The first kappa shape index (κ1) is 10.7. The van der Waals surface area contributed by atoms with Crippen molar-refractivity contribution in [1.82, 2.24) is 0 Å². The summed E-state index contributed by atoms with van der Waals surface area (Å²) in [4.78, 5) is 0. The monoisotopic (exact) mass is 192 g/mol. The molecule has 1 rings (SSSR count). The summed E-state index contributed by atoms with van der Waals surface area (Å²) in [5.74, 6) is 0.0877. The van der Waals surface area contributed by atoms with Gasteiger partial charge in [0.25, 0.3) is 0 Å². The highest BCUT2D eigenvalue weighted by atomic mass is 16.5. The van der Waals surface area contributed by atoms with Crippen molar-refractivity contribution in [2.45, 2.75) is 12.8 Å². The summed E-state index contributed by atoms with van der Waals surface area (Å²) in [5, 5.41) is 6.95. The molecule has 0 aliphatic heterocycles. The Bertz CT molecular complexity index is 272. The van der Waals surface area contributed by atoms with Crippen LogP contribution in [0.3, 0.4) is 0 Å². The standard InChI is InChI=1S/C11H16N2O/c12-11(13)9-14-8-4-7-10-5-2-1-3-6-10/h1-3,5-6H,4,7-9H2,(H3,12,13). The first-order valence-electron chi connectivity index (χ1n) is 4.73. The van der Waals surface area contributed by atoms with E-state index in [1.165, 1.54) is 5.56 Å². The van der Waals surface area contributed by atoms with Crippen LogP contribution in [0.25, 0.3) is 0 Å². The molecule has 0 atom stereocenters. The fourth-order valence-electron chi connectivity index (χ4n) is 1.21. The molecule has 3 heteroatoms. The molecule has 1 aromatic rings. The van der Waals surface area contributed by atoms with Crippen molar-refractivity contribution in [3.8, 4) is 0 Å². The second-order valence-electron chi connectivity index (χ2n) is 3.17. The van der Waals surface area contributed by atoms with Crippen molar-refractivity contribution in [3.05, 3.63) is 35.9 Å². The Hall–Kier alpha value is -1.35. The summed E-state index contributed by atoms with van der Waals surface area (Å²) >= 11 is 0. The maximum atomic E-state index is 6.95. The average Bonchev–Trinajstić information content (AvgIpc) is 2.18. The highest BCUT2D eigenvalue weighted by molar-refractivity contribution is 5.78. The maximum Gasteiger partial charge on any atom is 0.117 e. The molecule has 1 aromatic carbocycles. The molecular weight excluding hydrogens is 176 g/mol. The van der Waals surface area contributed by atoms with Crippen LogP contribution < -0.4 is 5.73 Å². The number of ether oxygens (including phenoxy) is 1. The van der Waals surface area contributed by atoms with Crippen LogP contribution in [-0.4, -0.2) is 19.0 Å². The molecule has 0 saturated carbocycles. The van der Waals surface area contributed by atoms with E-state index in [1.54, 1.807) is 0 Å². The number of nitrogens with two attached hydrogens (primary N) is 1. The Labute approximate surface area is 84.4 Å². The lowest BCUT2D eigenvalue weighted by atomic mass is 10.1. The minimum atomic E-state index is 0.0877. The molecule has 0 spiro atoms. The van der Waals surface area contributed by atoms with Crippen molar-refractivity contribution in [2.75, 3.05) is 13.2 Å². The van der Waals surface area contributed by atoms with Gasteiger partial charge in [-0.3, -0.25) is 5.41 Å². The summed E-state index contributed by atoms with van der Waals surface area (Å²) in [6.45, 7) is 0.906. The first-order chi connectivity index (χ1) is 6.79. The Morgan fingerprint density at radius 1 is 1.29 bits per heavy atom. The number of nitrogens with one attached hydrogen (secondary N) is 1. The molecule has 3 nitrogen and oxygen atoms in total. The van der Waals surface area contributed by atoms with Crippen LogP contribution in [0.2, 0.25) is 0 Å². The minimum Gasteiger partial charge on any atom is -0.386 e. The fourth-order valence-corrected chi connectivity index (χ4v) is 1.21. The maximum absolute atomic E-state index is 6.95. The zero-order chi connectivity index (χ0) is 10.2. The van der Waals surface area contributed by atoms with Gasteiger partial charge >= 0.3 is 0 Å². The Morgan fingerprint density at radius 2 is 2.00 bits per heavy atom.